The van der Waals surface area contributed by atoms with Crippen molar-refractivity contribution >= 4 is 28.8 Å². The highest BCUT2D eigenvalue weighted by Crippen LogP contribution is 2.29. The molecule has 0 aromatic rings. The SMILES string of the molecule is CC[C@@H](NCCCCC(=O)N[C@@]1(C)CCSC1=O)C(=O)O. The van der Waals surface area contributed by atoms with Crippen LogP contribution in [0.15, 0.2) is 0 Å². The molecular weight excluding hydrogens is 292 g/mol. The first kappa shape index (κ1) is 18.0. The minimum Gasteiger partial charge on any atom is -0.480 e. The average molecular weight is 316 g/mol. The minimum absolute atomic E-state index is 0.0322. The van der Waals surface area contributed by atoms with Gasteiger partial charge < -0.3 is 15.7 Å². The summed E-state index contributed by atoms with van der Waals surface area (Å²) in [7, 11) is 0. The highest BCUT2D eigenvalue weighted by atomic mass is 32.2. The van der Waals surface area contributed by atoms with Crippen molar-refractivity contribution in [2.24, 2.45) is 0 Å². The van der Waals surface area contributed by atoms with Crippen LogP contribution in [0.1, 0.15) is 46.0 Å². The van der Waals surface area contributed by atoms with Crippen LogP contribution in [0.2, 0.25) is 0 Å². The summed E-state index contributed by atoms with van der Waals surface area (Å²) in [6.45, 7) is 4.16. The number of aliphatic carboxylic acids is 1. The number of carboxylic acid groups (broad SMARTS) is 1. The van der Waals surface area contributed by atoms with Gasteiger partial charge in [0.15, 0.2) is 0 Å². The van der Waals surface area contributed by atoms with Crippen LogP contribution in [0, 0.1) is 0 Å². The van der Waals surface area contributed by atoms with E-state index in [4.69, 9.17) is 5.11 Å². The molecule has 0 radical (unpaired) electrons. The van der Waals surface area contributed by atoms with E-state index in [1.54, 1.807) is 6.92 Å². The molecule has 1 amide bonds. The van der Waals surface area contributed by atoms with Gasteiger partial charge in [-0.05, 0) is 39.2 Å². The summed E-state index contributed by atoms with van der Waals surface area (Å²) >= 11 is 1.27. The fourth-order valence-corrected chi connectivity index (χ4v) is 3.35. The van der Waals surface area contributed by atoms with Gasteiger partial charge in [0, 0.05) is 12.2 Å². The van der Waals surface area contributed by atoms with Gasteiger partial charge in [-0.25, -0.2) is 0 Å². The third-order valence-electron chi connectivity index (χ3n) is 3.63. The Hall–Kier alpha value is -1.08. The van der Waals surface area contributed by atoms with E-state index in [2.05, 4.69) is 10.6 Å². The molecule has 0 aliphatic carbocycles. The van der Waals surface area contributed by atoms with E-state index in [1.165, 1.54) is 11.8 Å². The standard InChI is InChI=1S/C14H24N2O4S/c1-3-10(12(18)19)15-8-5-4-6-11(17)16-14(2)7-9-21-13(14)20/h10,15H,3-9H2,1-2H3,(H,16,17)(H,18,19)/t10-,14+/m1/s1. The van der Waals surface area contributed by atoms with Crippen LogP contribution < -0.4 is 10.6 Å². The van der Waals surface area contributed by atoms with Crippen molar-refractivity contribution in [3.05, 3.63) is 0 Å². The zero-order valence-corrected chi connectivity index (χ0v) is 13.4. The van der Waals surface area contributed by atoms with Crippen LogP contribution in [0.25, 0.3) is 0 Å². The molecule has 0 unspecified atom stereocenters. The maximum atomic E-state index is 11.8. The molecule has 120 valence electrons. The lowest BCUT2D eigenvalue weighted by atomic mass is 10.0. The van der Waals surface area contributed by atoms with E-state index in [-0.39, 0.29) is 11.0 Å². The fraction of sp³-hybridized carbons (Fsp3) is 0.786. The molecule has 0 saturated carbocycles. The van der Waals surface area contributed by atoms with Gasteiger partial charge in [-0.3, -0.25) is 14.4 Å². The second-order valence-electron chi connectivity index (χ2n) is 5.48. The number of hydrogen-bond donors (Lipinski definition) is 3. The maximum Gasteiger partial charge on any atom is 0.320 e. The summed E-state index contributed by atoms with van der Waals surface area (Å²) < 4.78 is 0. The molecule has 2 atom stereocenters. The maximum absolute atomic E-state index is 11.8. The summed E-state index contributed by atoms with van der Waals surface area (Å²) in [5.74, 6) is -0.202. The number of amides is 1. The Morgan fingerprint density at radius 2 is 2.14 bits per heavy atom. The molecule has 1 aliphatic heterocycles. The van der Waals surface area contributed by atoms with E-state index in [9.17, 15) is 14.4 Å². The molecule has 7 heteroatoms. The Bertz CT molecular complexity index is 402. The van der Waals surface area contributed by atoms with Gasteiger partial charge in [-0.15, -0.1) is 0 Å². The molecule has 0 aromatic heterocycles. The second-order valence-corrected chi connectivity index (χ2v) is 6.54. The molecule has 21 heavy (non-hydrogen) atoms. The molecule has 1 rings (SSSR count). The molecule has 0 bridgehead atoms. The van der Waals surface area contributed by atoms with Gasteiger partial charge in [0.05, 0.1) is 0 Å². The Balaban J connectivity index is 2.17. The summed E-state index contributed by atoms with van der Waals surface area (Å²) in [6, 6.07) is -0.522. The number of thioether (sulfide) groups is 1. The molecule has 3 N–H and O–H groups in total. The number of carbonyl (C=O) groups is 3. The molecule has 1 aliphatic rings. The highest BCUT2D eigenvalue weighted by Gasteiger charge is 2.39. The summed E-state index contributed by atoms with van der Waals surface area (Å²) in [5.41, 5.74) is -0.712. The minimum atomic E-state index is -0.847. The van der Waals surface area contributed by atoms with Crippen LogP contribution >= 0.6 is 11.8 Å². The Morgan fingerprint density at radius 1 is 1.43 bits per heavy atom. The quantitative estimate of drug-likeness (QED) is 0.552. The van der Waals surface area contributed by atoms with Crippen molar-refractivity contribution in [3.8, 4) is 0 Å². The van der Waals surface area contributed by atoms with E-state index in [1.807, 2.05) is 6.92 Å². The van der Waals surface area contributed by atoms with Crippen LogP contribution in [-0.2, 0) is 14.4 Å². The molecule has 0 spiro atoms. The van der Waals surface area contributed by atoms with Gasteiger partial charge >= 0.3 is 5.97 Å². The molecule has 1 heterocycles. The van der Waals surface area contributed by atoms with E-state index >= 15 is 0 Å². The van der Waals surface area contributed by atoms with Crippen molar-refractivity contribution in [2.45, 2.75) is 57.5 Å². The first-order valence-corrected chi connectivity index (χ1v) is 8.32. The van der Waals surface area contributed by atoms with Gasteiger partial charge in [-0.2, -0.15) is 0 Å². The molecule has 1 fully saturated rings. The molecular formula is C14H24N2O4S. The van der Waals surface area contributed by atoms with Crippen LogP contribution in [-0.4, -0.2) is 46.0 Å². The molecule has 0 aromatic carbocycles. The predicted octanol–water partition coefficient (Wildman–Crippen LogP) is 1.15. The first-order valence-electron chi connectivity index (χ1n) is 7.33. The Morgan fingerprint density at radius 3 is 2.67 bits per heavy atom. The highest BCUT2D eigenvalue weighted by molar-refractivity contribution is 8.14. The normalized spacial score (nSPS) is 23.0. The number of rotatable bonds is 9. The second kappa shape index (κ2) is 8.38. The van der Waals surface area contributed by atoms with Crippen molar-refractivity contribution in [1.82, 2.24) is 10.6 Å². The van der Waals surface area contributed by atoms with Gasteiger partial charge in [0.25, 0.3) is 0 Å². The van der Waals surface area contributed by atoms with Crippen molar-refractivity contribution in [3.63, 3.8) is 0 Å². The van der Waals surface area contributed by atoms with Crippen LogP contribution in [0.5, 0.6) is 0 Å². The van der Waals surface area contributed by atoms with E-state index < -0.39 is 17.6 Å². The number of hydrogen-bond acceptors (Lipinski definition) is 5. The number of carbonyl (C=O) groups excluding carboxylic acids is 2. The lowest BCUT2D eigenvalue weighted by Crippen LogP contribution is -2.48. The van der Waals surface area contributed by atoms with E-state index in [0.29, 0.717) is 32.2 Å². The Labute approximate surface area is 129 Å². The first-order chi connectivity index (χ1) is 9.89. The largest absolute Gasteiger partial charge is 0.480 e. The number of nitrogens with one attached hydrogen (secondary N) is 2. The topological polar surface area (TPSA) is 95.5 Å². The third-order valence-corrected chi connectivity index (χ3v) is 4.75. The van der Waals surface area contributed by atoms with Crippen LogP contribution in [0.4, 0.5) is 0 Å². The lowest BCUT2D eigenvalue weighted by molar-refractivity contribution is -0.139. The van der Waals surface area contributed by atoms with Gasteiger partial charge in [0.2, 0.25) is 11.0 Å². The monoisotopic (exact) mass is 316 g/mol. The predicted molar refractivity (Wildman–Crippen MR) is 82.2 cm³/mol. The summed E-state index contributed by atoms with van der Waals surface area (Å²) in [6.07, 6.45) is 2.98. The smallest absolute Gasteiger partial charge is 0.320 e. The number of carboxylic acids is 1. The molecule has 1 saturated heterocycles. The van der Waals surface area contributed by atoms with Crippen molar-refractivity contribution in [1.29, 1.82) is 0 Å². The number of unbranched alkanes of at least 4 members (excludes halogenated alkanes) is 1. The van der Waals surface area contributed by atoms with Gasteiger partial charge in [0.1, 0.15) is 11.6 Å². The van der Waals surface area contributed by atoms with E-state index in [0.717, 1.165) is 12.2 Å². The Kier molecular flexibility index (Phi) is 7.17. The lowest BCUT2D eigenvalue weighted by Gasteiger charge is -2.22. The summed E-state index contributed by atoms with van der Waals surface area (Å²) in [5, 5.41) is 14.7. The van der Waals surface area contributed by atoms with Crippen molar-refractivity contribution in [2.75, 3.05) is 12.3 Å². The zero-order valence-electron chi connectivity index (χ0n) is 12.6. The summed E-state index contributed by atoms with van der Waals surface area (Å²) in [4.78, 5) is 34.3. The van der Waals surface area contributed by atoms with Gasteiger partial charge in [-0.1, -0.05) is 18.7 Å². The third kappa shape index (κ3) is 5.67. The molecule has 6 nitrogen and oxygen atoms in total. The zero-order chi connectivity index (χ0) is 15.9. The fourth-order valence-electron chi connectivity index (χ4n) is 2.19. The van der Waals surface area contributed by atoms with Crippen LogP contribution in [0.3, 0.4) is 0 Å². The van der Waals surface area contributed by atoms with Crippen molar-refractivity contribution < 1.29 is 19.5 Å². The average Bonchev–Trinajstić information content (AvgIpc) is 2.73.